The molecule has 0 aliphatic rings. The lowest BCUT2D eigenvalue weighted by atomic mass is 10.4. The van der Waals surface area contributed by atoms with E-state index in [4.69, 9.17) is 4.42 Å². The summed E-state index contributed by atoms with van der Waals surface area (Å²) < 4.78 is 4.90. The monoisotopic (exact) mass is 225 g/mol. The first-order chi connectivity index (χ1) is 7.74. The molecule has 1 aromatic heterocycles. The second kappa shape index (κ2) is 6.62. The van der Waals surface area contributed by atoms with E-state index in [1.165, 1.54) is 6.26 Å². The number of hydrogen-bond donors (Lipinski definition) is 3. The number of hydrogen-bond acceptors (Lipinski definition) is 4. The number of carbonyl (C=O) groups excluding carboxylic acids is 2. The van der Waals surface area contributed by atoms with E-state index < -0.39 is 0 Å². The van der Waals surface area contributed by atoms with Crippen molar-refractivity contribution in [3.8, 4) is 0 Å². The highest BCUT2D eigenvalue weighted by Crippen LogP contribution is 1.98. The standard InChI is InChI=1S/C10H15N3O3/c1-11-7-9(14)12-4-5-13-10(15)8-3-2-6-16-8/h2-3,6,11H,4-5,7H2,1H3,(H,12,14)(H,13,15). The molecule has 88 valence electrons. The molecule has 0 saturated carbocycles. The highest BCUT2D eigenvalue weighted by Gasteiger charge is 2.06. The Labute approximate surface area is 93.4 Å². The highest BCUT2D eigenvalue weighted by atomic mass is 16.3. The first kappa shape index (κ1) is 12.3. The normalized spacial score (nSPS) is 9.81. The third-order valence-electron chi connectivity index (χ3n) is 1.82. The molecule has 0 fully saturated rings. The molecule has 1 rings (SSSR count). The second-order valence-corrected chi connectivity index (χ2v) is 3.11. The van der Waals surface area contributed by atoms with E-state index in [0.29, 0.717) is 13.1 Å². The van der Waals surface area contributed by atoms with E-state index in [1.807, 2.05) is 0 Å². The summed E-state index contributed by atoms with van der Waals surface area (Å²) >= 11 is 0. The smallest absolute Gasteiger partial charge is 0.287 e. The van der Waals surface area contributed by atoms with E-state index in [9.17, 15) is 9.59 Å². The van der Waals surface area contributed by atoms with Gasteiger partial charge in [-0.1, -0.05) is 0 Å². The fraction of sp³-hybridized carbons (Fsp3) is 0.400. The Morgan fingerprint density at radius 3 is 2.69 bits per heavy atom. The number of amides is 2. The summed E-state index contributed by atoms with van der Waals surface area (Å²) in [5.74, 6) is -0.121. The molecule has 0 unspecified atom stereocenters. The van der Waals surface area contributed by atoms with Crippen molar-refractivity contribution in [1.29, 1.82) is 0 Å². The number of rotatable bonds is 6. The van der Waals surface area contributed by atoms with Gasteiger partial charge in [0.2, 0.25) is 5.91 Å². The maximum atomic E-state index is 11.3. The number of likely N-dealkylation sites (N-methyl/N-ethyl adjacent to an activating group) is 1. The molecule has 1 heterocycles. The summed E-state index contributed by atoms with van der Waals surface area (Å²) in [5, 5.41) is 7.98. The maximum absolute atomic E-state index is 11.3. The molecule has 0 saturated heterocycles. The maximum Gasteiger partial charge on any atom is 0.287 e. The van der Waals surface area contributed by atoms with Crippen molar-refractivity contribution in [2.75, 3.05) is 26.7 Å². The predicted molar refractivity (Wildman–Crippen MR) is 58.0 cm³/mol. The molecule has 0 spiro atoms. The molecular weight excluding hydrogens is 210 g/mol. The molecule has 0 bridgehead atoms. The number of furan rings is 1. The van der Waals surface area contributed by atoms with Crippen LogP contribution in [0, 0.1) is 0 Å². The van der Waals surface area contributed by atoms with Crippen LogP contribution in [0.2, 0.25) is 0 Å². The Hall–Kier alpha value is -1.82. The fourth-order valence-electron chi connectivity index (χ4n) is 1.10. The summed E-state index contributed by atoms with van der Waals surface area (Å²) in [6.07, 6.45) is 1.43. The van der Waals surface area contributed by atoms with E-state index in [2.05, 4.69) is 16.0 Å². The average molecular weight is 225 g/mol. The third-order valence-corrected chi connectivity index (χ3v) is 1.82. The van der Waals surface area contributed by atoms with E-state index >= 15 is 0 Å². The van der Waals surface area contributed by atoms with Gasteiger partial charge in [-0.15, -0.1) is 0 Å². The molecule has 0 aliphatic carbocycles. The van der Waals surface area contributed by atoms with Crippen LogP contribution in [-0.4, -0.2) is 38.5 Å². The van der Waals surface area contributed by atoms with Crippen LogP contribution in [-0.2, 0) is 4.79 Å². The van der Waals surface area contributed by atoms with Gasteiger partial charge in [0.05, 0.1) is 12.8 Å². The Morgan fingerprint density at radius 2 is 2.06 bits per heavy atom. The van der Waals surface area contributed by atoms with Gasteiger partial charge in [-0.05, 0) is 19.2 Å². The van der Waals surface area contributed by atoms with Crippen LogP contribution in [0.4, 0.5) is 0 Å². The molecule has 3 N–H and O–H groups in total. The minimum absolute atomic E-state index is 0.102. The van der Waals surface area contributed by atoms with Crippen LogP contribution in [0.1, 0.15) is 10.6 Å². The minimum Gasteiger partial charge on any atom is -0.459 e. The molecule has 0 aliphatic heterocycles. The Kier molecular flexibility index (Phi) is 5.07. The van der Waals surface area contributed by atoms with Crippen molar-refractivity contribution >= 4 is 11.8 Å². The molecule has 0 radical (unpaired) electrons. The molecule has 0 atom stereocenters. The molecule has 6 heteroatoms. The van der Waals surface area contributed by atoms with Gasteiger partial charge < -0.3 is 20.4 Å². The minimum atomic E-state index is -0.284. The highest BCUT2D eigenvalue weighted by molar-refractivity contribution is 5.91. The first-order valence-corrected chi connectivity index (χ1v) is 4.97. The van der Waals surface area contributed by atoms with Crippen LogP contribution in [0.5, 0.6) is 0 Å². The average Bonchev–Trinajstić information content (AvgIpc) is 2.78. The van der Waals surface area contributed by atoms with Crippen molar-refractivity contribution in [1.82, 2.24) is 16.0 Å². The zero-order valence-corrected chi connectivity index (χ0v) is 9.08. The largest absolute Gasteiger partial charge is 0.459 e. The second-order valence-electron chi connectivity index (χ2n) is 3.11. The van der Waals surface area contributed by atoms with Gasteiger partial charge >= 0.3 is 0 Å². The quantitative estimate of drug-likeness (QED) is 0.561. The van der Waals surface area contributed by atoms with Crippen molar-refractivity contribution < 1.29 is 14.0 Å². The van der Waals surface area contributed by atoms with Crippen LogP contribution in [0.25, 0.3) is 0 Å². The van der Waals surface area contributed by atoms with Crippen molar-refractivity contribution in [3.63, 3.8) is 0 Å². The zero-order valence-electron chi connectivity index (χ0n) is 9.08. The number of carbonyl (C=O) groups is 2. The fourth-order valence-corrected chi connectivity index (χ4v) is 1.10. The topological polar surface area (TPSA) is 83.4 Å². The van der Waals surface area contributed by atoms with Gasteiger partial charge in [0.15, 0.2) is 5.76 Å². The van der Waals surface area contributed by atoms with Crippen LogP contribution >= 0.6 is 0 Å². The van der Waals surface area contributed by atoms with Crippen molar-refractivity contribution in [3.05, 3.63) is 24.2 Å². The van der Waals surface area contributed by atoms with E-state index in [1.54, 1.807) is 19.2 Å². The summed E-state index contributed by atoms with van der Waals surface area (Å²) in [4.78, 5) is 22.4. The van der Waals surface area contributed by atoms with Crippen LogP contribution < -0.4 is 16.0 Å². The Morgan fingerprint density at radius 1 is 1.31 bits per heavy atom. The molecule has 6 nitrogen and oxygen atoms in total. The molecule has 16 heavy (non-hydrogen) atoms. The zero-order chi connectivity index (χ0) is 11.8. The molecular formula is C10H15N3O3. The lowest BCUT2D eigenvalue weighted by Gasteiger charge is -2.05. The van der Waals surface area contributed by atoms with Gasteiger partial charge in [-0.3, -0.25) is 9.59 Å². The molecule has 1 aromatic rings. The van der Waals surface area contributed by atoms with Gasteiger partial charge in [0.1, 0.15) is 0 Å². The van der Waals surface area contributed by atoms with Crippen molar-refractivity contribution in [2.24, 2.45) is 0 Å². The third kappa shape index (κ3) is 4.14. The Bertz CT molecular complexity index is 335. The van der Waals surface area contributed by atoms with Gasteiger partial charge in [-0.2, -0.15) is 0 Å². The summed E-state index contributed by atoms with van der Waals surface area (Å²) in [6.45, 7) is 1.04. The lowest BCUT2D eigenvalue weighted by Crippen LogP contribution is -2.38. The summed E-state index contributed by atoms with van der Waals surface area (Å²) in [6, 6.07) is 3.22. The summed E-state index contributed by atoms with van der Waals surface area (Å²) in [5.41, 5.74) is 0. The van der Waals surface area contributed by atoms with Gasteiger partial charge in [0, 0.05) is 13.1 Å². The predicted octanol–water partition coefficient (Wildman–Crippen LogP) is -0.655. The summed E-state index contributed by atoms with van der Waals surface area (Å²) in [7, 11) is 1.69. The van der Waals surface area contributed by atoms with E-state index in [0.717, 1.165) is 0 Å². The van der Waals surface area contributed by atoms with Crippen molar-refractivity contribution in [2.45, 2.75) is 0 Å². The Balaban J connectivity index is 2.12. The van der Waals surface area contributed by atoms with Gasteiger partial charge in [0.25, 0.3) is 5.91 Å². The van der Waals surface area contributed by atoms with Gasteiger partial charge in [-0.25, -0.2) is 0 Å². The lowest BCUT2D eigenvalue weighted by molar-refractivity contribution is -0.120. The van der Waals surface area contributed by atoms with E-state index in [-0.39, 0.29) is 24.1 Å². The number of nitrogens with one attached hydrogen (secondary N) is 3. The molecule has 0 aromatic carbocycles. The SMILES string of the molecule is CNCC(=O)NCCNC(=O)c1ccco1. The molecule has 2 amide bonds. The first-order valence-electron chi connectivity index (χ1n) is 4.97. The van der Waals surface area contributed by atoms with Crippen LogP contribution in [0.3, 0.4) is 0 Å². The van der Waals surface area contributed by atoms with Crippen LogP contribution in [0.15, 0.2) is 22.8 Å².